The van der Waals surface area contributed by atoms with E-state index in [4.69, 9.17) is 0 Å². The maximum absolute atomic E-state index is 14.0. The molecule has 0 radical (unpaired) electrons. The molecule has 0 saturated carbocycles. The van der Waals surface area contributed by atoms with E-state index in [1.54, 1.807) is 12.1 Å². The monoisotopic (exact) mass is 447 g/mol. The van der Waals surface area contributed by atoms with Gasteiger partial charge in [-0.3, -0.25) is 4.79 Å². The van der Waals surface area contributed by atoms with Gasteiger partial charge in [0.25, 0.3) is 5.56 Å². The normalized spacial score (nSPS) is 31.5. The number of piperidine rings is 2. The largest absolute Gasteiger partial charge is 0.508 e. The molecule has 3 aliphatic heterocycles. The van der Waals surface area contributed by atoms with Gasteiger partial charge in [-0.05, 0) is 53.9 Å². The van der Waals surface area contributed by atoms with E-state index in [9.17, 15) is 14.7 Å². The third kappa shape index (κ3) is 2.79. The predicted octanol–water partition coefficient (Wildman–Crippen LogP) is 3.71. The van der Waals surface area contributed by atoms with Crippen LogP contribution in [0.25, 0.3) is 0 Å². The summed E-state index contributed by atoms with van der Waals surface area (Å²) < 4.78 is 1.91. The first-order chi connectivity index (χ1) is 15.7. The zero-order valence-electron chi connectivity index (χ0n) is 19.8. The molecule has 1 aromatic heterocycles. The predicted molar refractivity (Wildman–Crippen MR) is 127 cm³/mol. The molecular weight excluding hydrogens is 414 g/mol. The van der Waals surface area contributed by atoms with Crippen LogP contribution in [0.1, 0.15) is 56.4 Å². The minimum absolute atomic E-state index is 0.0428. The highest BCUT2D eigenvalue weighted by molar-refractivity contribution is 5.76. The van der Waals surface area contributed by atoms with Gasteiger partial charge in [-0.25, -0.2) is 4.79 Å². The molecule has 6 heteroatoms. The summed E-state index contributed by atoms with van der Waals surface area (Å²) in [5, 5.41) is 10.7. The Kier molecular flexibility index (Phi) is 4.34. The Morgan fingerprint density at radius 3 is 2.67 bits per heavy atom. The molecule has 1 N–H and O–H groups in total. The number of urea groups is 1. The maximum Gasteiger partial charge on any atom is 0.320 e. The van der Waals surface area contributed by atoms with Crippen LogP contribution in [0.3, 0.4) is 0 Å². The fraction of sp³-hybridized carbons (Fsp3) is 0.556. The number of phenolic OH excluding ortho intramolecular Hbond substituents is 1. The van der Waals surface area contributed by atoms with Gasteiger partial charge in [0.05, 0.1) is 0 Å². The number of aromatic nitrogens is 1. The lowest BCUT2D eigenvalue weighted by Gasteiger charge is -2.61. The van der Waals surface area contributed by atoms with Gasteiger partial charge < -0.3 is 19.5 Å². The van der Waals surface area contributed by atoms with Crippen molar-refractivity contribution in [2.24, 2.45) is 11.3 Å². The standard InChI is InChI=1S/C27H33N3O3/c1-26(2)23-13-19-20(6-4-8-22(19)31)27(26,3)10-11-29(23)25(33)28-14-17-12-18(16-28)21-7-5-9-24(32)30(21)15-17/h4-9,17-18,23,31H,10-16H2,1-3H3/t17-,18+,23+,27+/m1/s1. The molecule has 4 atom stereocenters. The van der Waals surface area contributed by atoms with Gasteiger partial charge in [0.1, 0.15) is 5.75 Å². The van der Waals surface area contributed by atoms with Crippen LogP contribution >= 0.6 is 0 Å². The Balaban J connectivity index is 1.32. The first-order valence-electron chi connectivity index (χ1n) is 12.3. The van der Waals surface area contributed by atoms with Crippen molar-refractivity contribution in [1.82, 2.24) is 14.4 Å². The summed E-state index contributed by atoms with van der Waals surface area (Å²) in [6.45, 7) is 9.69. The molecule has 1 aromatic carbocycles. The van der Waals surface area contributed by atoms with Crippen LogP contribution in [0.2, 0.25) is 0 Å². The second-order valence-electron chi connectivity index (χ2n) is 11.4. The zero-order chi connectivity index (χ0) is 23.1. The van der Waals surface area contributed by atoms with Crippen LogP contribution in [0.4, 0.5) is 4.79 Å². The summed E-state index contributed by atoms with van der Waals surface area (Å²) in [5.74, 6) is 0.886. The Labute approximate surface area is 194 Å². The van der Waals surface area contributed by atoms with Crippen molar-refractivity contribution in [2.45, 2.75) is 64.0 Å². The fourth-order valence-electron chi connectivity index (χ4n) is 7.39. The highest BCUT2D eigenvalue weighted by Gasteiger charge is 2.58. The molecule has 4 aliphatic rings. The molecule has 1 aliphatic carbocycles. The van der Waals surface area contributed by atoms with Crippen LogP contribution in [0, 0.1) is 11.3 Å². The topological polar surface area (TPSA) is 65.8 Å². The van der Waals surface area contributed by atoms with Crippen molar-refractivity contribution in [3.63, 3.8) is 0 Å². The lowest BCUT2D eigenvalue weighted by atomic mass is 9.51. The fourth-order valence-corrected chi connectivity index (χ4v) is 7.39. The third-order valence-electron chi connectivity index (χ3n) is 9.62. The van der Waals surface area contributed by atoms with Crippen molar-refractivity contribution >= 4 is 6.03 Å². The summed E-state index contributed by atoms with van der Waals surface area (Å²) >= 11 is 0. The number of carbonyl (C=O) groups excluding carboxylic acids is 1. The van der Waals surface area contributed by atoms with Gasteiger partial charge in [-0.15, -0.1) is 0 Å². The van der Waals surface area contributed by atoms with Crippen molar-refractivity contribution in [3.8, 4) is 5.75 Å². The van der Waals surface area contributed by atoms with Gasteiger partial charge >= 0.3 is 6.03 Å². The Morgan fingerprint density at radius 2 is 1.85 bits per heavy atom. The van der Waals surface area contributed by atoms with Crippen molar-refractivity contribution in [1.29, 1.82) is 0 Å². The number of rotatable bonds is 0. The lowest BCUT2D eigenvalue weighted by Crippen LogP contribution is -2.67. The molecule has 4 heterocycles. The molecule has 174 valence electrons. The van der Waals surface area contributed by atoms with Crippen LogP contribution in [-0.2, 0) is 18.4 Å². The SMILES string of the molecule is CC1(C)[C@@H]2Cc3c(O)cccc3[C@]1(C)CCN2C(=O)N1C[C@H]2C[C@@H](C1)c1cccc(=O)n1C2. The average Bonchev–Trinajstić information content (AvgIpc) is 2.77. The van der Waals surface area contributed by atoms with Crippen molar-refractivity contribution < 1.29 is 9.90 Å². The number of hydrogen-bond acceptors (Lipinski definition) is 3. The van der Waals surface area contributed by atoms with E-state index < -0.39 is 0 Å². The van der Waals surface area contributed by atoms with E-state index in [2.05, 4.69) is 31.7 Å². The van der Waals surface area contributed by atoms with Gasteiger partial charge in [0.15, 0.2) is 0 Å². The molecular formula is C27H33N3O3. The lowest BCUT2D eigenvalue weighted by molar-refractivity contribution is -0.0275. The molecule has 33 heavy (non-hydrogen) atoms. The second-order valence-corrected chi connectivity index (χ2v) is 11.4. The van der Waals surface area contributed by atoms with Crippen molar-refractivity contribution in [2.75, 3.05) is 19.6 Å². The number of pyridine rings is 1. The summed E-state index contributed by atoms with van der Waals surface area (Å²) in [6, 6.07) is 11.6. The number of hydrogen-bond donors (Lipinski definition) is 1. The quantitative estimate of drug-likeness (QED) is 0.670. The molecule has 2 aromatic rings. The minimum Gasteiger partial charge on any atom is -0.508 e. The molecule has 2 fully saturated rings. The van der Waals surface area contributed by atoms with Gasteiger partial charge in [-0.1, -0.05) is 39.0 Å². The van der Waals surface area contributed by atoms with Gasteiger partial charge in [0, 0.05) is 55.3 Å². The highest BCUT2D eigenvalue weighted by Crippen LogP contribution is 2.57. The second kappa shape index (κ2) is 6.87. The molecule has 6 rings (SSSR count). The minimum atomic E-state index is -0.104. The molecule has 2 saturated heterocycles. The number of carbonyl (C=O) groups is 1. The Bertz CT molecular complexity index is 1200. The summed E-state index contributed by atoms with van der Waals surface area (Å²) in [5.41, 5.74) is 3.20. The summed E-state index contributed by atoms with van der Waals surface area (Å²) in [6.07, 6.45) is 2.62. The van der Waals surface area contributed by atoms with Crippen LogP contribution in [-0.4, -0.2) is 51.2 Å². The summed E-state index contributed by atoms with van der Waals surface area (Å²) in [4.78, 5) is 30.5. The number of aromatic hydroxyl groups is 1. The Morgan fingerprint density at radius 1 is 1.06 bits per heavy atom. The number of benzene rings is 1. The smallest absolute Gasteiger partial charge is 0.320 e. The van der Waals surface area contributed by atoms with Crippen LogP contribution in [0.15, 0.2) is 41.2 Å². The van der Waals surface area contributed by atoms with Gasteiger partial charge in [-0.2, -0.15) is 0 Å². The first kappa shape index (κ1) is 20.8. The molecule has 4 bridgehead atoms. The summed E-state index contributed by atoms with van der Waals surface area (Å²) in [7, 11) is 0. The van der Waals surface area contributed by atoms with Crippen LogP contribution < -0.4 is 5.56 Å². The third-order valence-corrected chi connectivity index (χ3v) is 9.62. The average molecular weight is 448 g/mol. The van der Waals surface area contributed by atoms with E-state index in [-0.39, 0.29) is 34.4 Å². The van der Waals surface area contributed by atoms with Crippen LogP contribution in [0.5, 0.6) is 5.75 Å². The number of amides is 2. The Hall–Kier alpha value is -2.76. The molecule has 6 nitrogen and oxygen atoms in total. The van der Waals surface area contributed by atoms with E-state index in [1.807, 2.05) is 27.7 Å². The molecule has 2 amide bonds. The zero-order valence-corrected chi connectivity index (χ0v) is 19.8. The van der Waals surface area contributed by atoms with Gasteiger partial charge in [0.2, 0.25) is 0 Å². The highest BCUT2D eigenvalue weighted by atomic mass is 16.3. The number of phenols is 1. The van der Waals surface area contributed by atoms with Crippen molar-refractivity contribution in [3.05, 3.63) is 63.6 Å². The van der Waals surface area contributed by atoms with E-state index >= 15 is 0 Å². The van der Waals surface area contributed by atoms with E-state index in [0.717, 1.165) is 30.6 Å². The first-order valence-corrected chi connectivity index (χ1v) is 12.3. The number of likely N-dealkylation sites (tertiary alicyclic amines) is 2. The number of fused-ring (bicyclic) bond motifs is 8. The molecule has 0 unspecified atom stereocenters. The molecule has 0 spiro atoms. The number of nitrogens with zero attached hydrogens (tertiary/aromatic N) is 3. The van der Waals surface area contributed by atoms with E-state index in [0.29, 0.717) is 37.7 Å². The maximum atomic E-state index is 14.0. The van der Waals surface area contributed by atoms with E-state index in [1.165, 1.54) is 5.56 Å².